The van der Waals surface area contributed by atoms with Crippen molar-refractivity contribution in [3.63, 3.8) is 0 Å². The van der Waals surface area contributed by atoms with Gasteiger partial charge >= 0.3 is 6.09 Å². The number of hydroxylamine groups is 2. The predicted octanol–water partition coefficient (Wildman–Crippen LogP) is 2.29. The minimum Gasteiger partial charge on any atom is -0.465 e. The van der Waals surface area contributed by atoms with E-state index in [0.717, 1.165) is 5.06 Å². The maximum Gasteiger partial charge on any atom is 0.404 e. The van der Waals surface area contributed by atoms with E-state index in [-0.39, 0.29) is 11.1 Å². The van der Waals surface area contributed by atoms with Gasteiger partial charge in [-0.15, -0.1) is 5.06 Å². The first-order chi connectivity index (χ1) is 10.6. The third-order valence-electron chi connectivity index (χ3n) is 3.63. The van der Waals surface area contributed by atoms with Gasteiger partial charge in [0.1, 0.15) is 6.10 Å². The summed E-state index contributed by atoms with van der Waals surface area (Å²) in [7, 11) is 0. The van der Waals surface area contributed by atoms with Crippen molar-refractivity contribution in [1.82, 2.24) is 10.4 Å². The molecule has 1 aliphatic heterocycles. The molecule has 2 rings (SSSR count). The first kappa shape index (κ1) is 17.0. The molecule has 0 aliphatic carbocycles. The number of carbonyl (C=O) groups is 3. The fourth-order valence-corrected chi connectivity index (χ4v) is 2.65. The summed E-state index contributed by atoms with van der Waals surface area (Å²) < 4.78 is 0. The summed E-state index contributed by atoms with van der Waals surface area (Å²) in [5, 5.41) is 11.9. The molecule has 1 aliphatic rings. The van der Waals surface area contributed by atoms with Crippen LogP contribution in [0.1, 0.15) is 48.4 Å². The summed E-state index contributed by atoms with van der Waals surface area (Å²) in [6.45, 7) is 7.16. The number of hydrogen-bond donors (Lipinski definition) is 2. The number of benzene rings is 1. The standard InChI is InChI=1S/C16H20N2O5/c1-9(17-15(21)22)12(16(2,3)4)23-18-13(19)10-7-5-6-8-11(10)14(18)20/h5-9,12,17H,1-4H3,(H,21,22)/t9-,12?/m0/s1. The second-order valence-corrected chi connectivity index (χ2v) is 6.58. The van der Waals surface area contributed by atoms with Gasteiger partial charge in [-0.1, -0.05) is 32.9 Å². The molecule has 0 spiro atoms. The van der Waals surface area contributed by atoms with Gasteiger partial charge in [-0.2, -0.15) is 0 Å². The Kier molecular flexibility index (Phi) is 4.42. The molecule has 2 N–H and O–H groups in total. The Morgan fingerprint density at radius 3 is 2.04 bits per heavy atom. The molecular weight excluding hydrogens is 300 g/mol. The van der Waals surface area contributed by atoms with Crippen molar-refractivity contribution in [3.8, 4) is 0 Å². The van der Waals surface area contributed by atoms with Crippen LogP contribution in [-0.2, 0) is 4.84 Å². The highest BCUT2D eigenvalue weighted by atomic mass is 16.7. The Hall–Kier alpha value is -2.41. The van der Waals surface area contributed by atoms with Crippen molar-refractivity contribution >= 4 is 17.9 Å². The monoisotopic (exact) mass is 320 g/mol. The second kappa shape index (κ2) is 6.00. The molecule has 7 nitrogen and oxygen atoms in total. The number of rotatable bonds is 4. The largest absolute Gasteiger partial charge is 0.465 e. The van der Waals surface area contributed by atoms with Crippen LogP contribution in [0.2, 0.25) is 0 Å². The van der Waals surface area contributed by atoms with Gasteiger partial charge in [-0.05, 0) is 24.5 Å². The van der Waals surface area contributed by atoms with Crippen LogP contribution in [0.3, 0.4) is 0 Å². The third kappa shape index (κ3) is 3.34. The molecule has 0 saturated heterocycles. The number of fused-ring (bicyclic) bond motifs is 1. The van der Waals surface area contributed by atoms with E-state index in [2.05, 4.69) is 5.32 Å². The highest BCUT2D eigenvalue weighted by Crippen LogP contribution is 2.30. The fourth-order valence-electron chi connectivity index (χ4n) is 2.65. The lowest BCUT2D eigenvalue weighted by Gasteiger charge is -2.36. The first-order valence-electron chi connectivity index (χ1n) is 7.27. The Morgan fingerprint density at radius 1 is 1.17 bits per heavy atom. The van der Waals surface area contributed by atoms with Crippen LogP contribution >= 0.6 is 0 Å². The lowest BCUT2D eigenvalue weighted by Crippen LogP contribution is -2.51. The van der Waals surface area contributed by atoms with E-state index in [9.17, 15) is 14.4 Å². The van der Waals surface area contributed by atoms with E-state index in [1.807, 2.05) is 20.8 Å². The van der Waals surface area contributed by atoms with E-state index in [0.29, 0.717) is 0 Å². The molecule has 1 unspecified atom stereocenters. The normalized spacial score (nSPS) is 17.0. The molecule has 7 heteroatoms. The smallest absolute Gasteiger partial charge is 0.404 e. The molecule has 23 heavy (non-hydrogen) atoms. The number of amides is 3. The predicted molar refractivity (Wildman–Crippen MR) is 81.9 cm³/mol. The van der Waals surface area contributed by atoms with Crippen LogP contribution in [0.15, 0.2) is 24.3 Å². The molecule has 1 heterocycles. The van der Waals surface area contributed by atoms with Crippen molar-refractivity contribution in [1.29, 1.82) is 0 Å². The van der Waals surface area contributed by atoms with E-state index in [4.69, 9.17) is 9.94 Å². The van der Waals surface area contributed by atoms with E-state index in [1.165, 1.54) is 0 Å². The molecule has 124 valence electrons. The second-order valence-electron chi connectivity index (χ2n) is 6.58. The average Bonchev–Trinajstić information content (AvgIpc) is 2.67. The van der Waals surface area contributed by atoms with Crippen LogP contribution in [0, 0.1) is 5.41 Å². The summed E-state index contributed by atoms with van der Waals surface area (Å²) in [6.07, 6.45) is -1.90. The molecule has 2 atom stereocenters. The molecule has 0 saturated carbocycles. The first-order valence-corrected chi connectivity index (χ1v) is 7.27. The summed E-state index contributed by atoms with van der Waals surface area (Å²) in [6, 6.07) is 5.84. The summed E-state index contributed by atoms with van der Waals surface area (Å²) >= 11 is 0. The zero-order chi connectivity index (χ0) is 17.4. The molecule has 1 aromatic carbocycles. The maximum atomic E-state index is 12.4. The van der Waals surface area contributed by atoms with Crippen molar-refractivity contribution in [2.24, 2.45) is 5.41 Å². The van der Waals surface area contributed by atoms with Gasteiger partial charge in [0.2, 0.25) is 0 Å². The Labute approximate surface area is 134 Å². The molecule has 1 aromatic rings. The lowest BCUT2D eigenvalue weighted by molar-refractivity contribution is -0.171. The van der Waals surface area contributed by atoms with Gasteiger partial charge < -0.3 is 10.4 Å². The highest BCUT2D eigenvalue weighted by Gasteiger charge is 2.42. The minimum absolute atomic E-state index is 0.281. The average molecular weight is 320 g/mol. The van der Waals surface area contributed by atoms with Gasteiger partial charge in [-0.25, -0.2) is 4.79 Å². The van der Waals surface area contributed by atoms with Gasteiger partial charge in [-0.3, -0.25) is 14.4 Å². The minimum atomic E-state index is -1.20. The lowest BCUT2D eigenvalue weighted by atomic mass is 9.85. The Bertz CT molecular complexity index is 615. The van der Waals surface area contributed by atoms with Crippen molar-refractivity contribution in [3.05, 3.63) is 35.4 Å². The number of imide groups is 1. The van der Waals surface area contributed by atoms with Gasteiger partial charge in [0.25, 0.3) is 11.8 Å². The van der Waals surface area contributed by atoms with E-state index < -0.39 is 35.5 Å². The van der Waals surface area contributed by atoms with Gasteiger partial charge in [0.15, 0.2) is 0 Å². The zero-order valence-corrected chi connectivity index (χ0v) is 13.5. The van der Waals surface area contributed by atoms with Crippen LogP contribution in [0.4, 0.5) is 4.79 Å². The number of nitrogens with zero attached hydrogens (tertiary/aromatic N) is 1. The quantitative estimate of drug-likeness (QED) is 0.830. The van der Waals surface area contributed by atoms with Crippen LogP contribution in [-0.4, -0.2) is 40.2 Å². The van der Waals surface area contributed by atoms with E-state index in [1.54, 1.807) is 31.2 Å². The van der Waals surface area contributed by atoms with Crippen molar-refractivity contribution in [2.75, 3.05) is 0 Å². The molecule has 0 bridgehead atoms. The molecule has 3 amide bonds. The Morgan fingerprint density at radius 2 is 1.65 bits per heavy atom. The highest BCUT2D eigenvalue weighted by molar-refractivity contribution is 6.20. The van der Waals surface area contributed by atoms with Crippen LogP contribution in [0.5, 0.6) is 0 Å². The van der Waals surface area contributed by atoms with Crippen molar-refractivity contribution in [2.45, 2.75) is 39.8 Å². The van der Waals surface area contributed by atoms with Crippen LogP contribution < -0.4 is 5.32 Å². The molecular formula is C16H20N2O5. The third-order valence-corrected chi connectivity index (χ3v) is 3.63. The Balaban J connectivity index is 2.26. The summed E-state index contributed by atoms with van der Waals surface area (Å²) in [5.74, 6) is -1.08. The summed E-state index contributed by atoms with van der Waals surface area (Å²) in [4.78, 5) is 41.2. The number of hydrogen-bond acceptors (Lipinski definition) is 4. The molecule has 0 radical (unpaired) electrons. The van der Waals surface area contributed by atoms with Crippen molar-refractivity contribution < 1.29 is 24.3 Å². The zero-order valence-electron chi connectivity index (χ0n) is 13.5. The van der Waals surface area contributed by atoms with Gasteiger partial charge in [0.05, 0.1) is 17.2 Å². The molecule has 0 aromatic heterocycles. The number of nitrogens with one attached hydrogen (secondary N) is 1. The summed E-state index contributed by atoms with van der Waals surface area (Å²) in [5.41, 5.74) is 0.0602. The molecule has 0 fully saturated rings. The van der Waals surface area contributed by atoms with Crippen LogP contribution in [0.25, 0.3) is 0 Å². The van der Waals surface area contributed by atoms with E-state index >= 15 is 0 Å². The SMILES string of the molecule is C[C@H](NC(=O)O)C(ON1C(=O)c2ccccc2C1=O)C(C)(C)C. The topological polar surface area (TPSA) is 95.9 Å². The van der Waals surface area contributed by atoms with Gasteiger partial charge in [0, 0.05) is 0 Å². The number of carboxylic acid groups (broad SMARTS) is 1. The number of carbonyl (C=O) groups excluding carboxylic acids is 2. The fraction of sp³-hybridized carbons (Fsp3) is 0.438. The maximum absolute atomic E-state index is 12.4.